The number of nitrogens with one attached hydrogen (secondary N) is 1. The van der Waals surface area contributed by atoms with Gasteiger partial charge in [0.1, 0.15) is 0 Å². The van der Waals surface area contributed by atoms with E-state index >= 15 is 0 Å². The molecule has 8 nitrogen and oxygen atoms in total. The van der Waals surface area contributed by atoms with Gasteiger partial charge in [-0.1, -0.05) is 12.8 Å². The summed E-state index contributed by atoms with van der Waals surface area (Å²) < 4.78 is 5.38. The van der Waals surface area contributed by atoms with Crippen LogP contribution in [0.15, 0.2) is 0 Å². The maximum atomic E-state index is 12.2. The molecular formula is C16H26N6O2. The molecule has 0 bridgehead atoms. The zero-order chi connectivity index (χ0) is 16.9. The Hall–Kier alpha value is -1.96. The van der Waals surface area contributed by atoms with Crippen molar-refractivity contribution in [2.75, 3.05) is 50.2 Å². The van der Waals surface area contributed by atoms with E-state index in [9.17, 15) is 4.79 Å². The van der Waals surface area contributed by atoms with Crippen molar-refractivity contribution in [1.29, 1.82) is 0 Å². The molecule has 132 valence electrons. The van der Waals surface area contributed by atoms with Crippen LogP contribution in [0.5, 0.6) is 0 Å². The first-order chi connectivity index (χ1) is 11.6. The number of nitrogens with zero attached hydrogens (tertiary/aromatic N) is 5. The number of anilines is 2. The van der Waals surface area contributed by atoms with Crippen LogP contribution >= 0.6 is 0 Å². The predicted octanol–water partition coefficient (Wildman–Crippen LogP) is 0.581. The van der Waals surface area contributed by atoms with Crippen molar-refractivity contribution in [3.05, 3.63) is 5.82 Å². The van der Waals surface area contributed by atoms with Gasteiger partial charge in [0.05, 0.1) is 19.8 Å². The van der Waals surface area contributed by atoms with Crippen molar-refractivity contribution in [3.8, 4) is 0 Å². The van der Waals surface area contributed by atoms with E-state index in [0.717, 1.165) is 38.8 Å². The van der Waals surface area contributed by atoms with Crippen LogP contribution in [0.25, 0.3) is 0 Å². The second-order valence-corrected chi connectivity index (χ2v) is 6.54. The quantitative estimate of drug-likeness (QED) is 0.843. The average molecular weight is 334 g/mol. The lowest BCUT2D eigenvalue weighted by molar-refractivity contribution is -0.125. The van der Waals surface area contributed by atoms with E-state index in [4.69, 9.17) is 4.74 Å². The predicted molar refractivity (Wildman–Crippen MR) is 91.0 cm³/mol. The van der Waals surface area contributed by atoms with Crippen LogP contribution in [0.2, 0.25) is 0 Å². The van der Waals surface area contributed by atoms with Crippen molar-refractivity contribution < 1.29 is 9.53 Å². The minimum Gasteiger partial charge on any atom is -0.378 e. The van der Waals surface area contributed by atoms with Crippen LogP contribution in [0.1, 0.15) is 31.5 Å². The fourth-order valence-corrected chi connectivity index (χ4v) is 3.08. The van der Waals surface area contributed by atoms with E-state index in [1.165, 1.54) is 0 Å². The Morgan fingerprint density at radius 3 is 2.58 bits per heavy atom. The molecule has 0 atom stereocenters. The topological polar surface area (TPSA) is 83.5 Å². The molecule has 2 aliphatic rings. The third kappa shape index (κ3) is 4.11. The van der Waals surface area contributed by atoms with Gasteiger partial charge in [-0.05, 0) is 12.8 Å². The summed E-state index contributed by atoms with van der Waals surface area (Å²) in [6.07, 6.45) is 4.28. The first kappa shape index (κ1) is 16.9. The summed E-state index contributed by atoms with van der Waals surface area (Å²) in [4.78, 5) is 29.7. The van der Waals surface area contributed by atoms with E-state index < -0.39 is 0 Å². The standard InChI is InChI=1S/C16H26N6O2/c1-21(2)15-18-13(11-17-14(23)12-5-3-4-6-12)19-16(20-15)22-7-9-24-10-8-22/h12H,3-11H2,1-2H3,(H,17,23). The molecule has 1 aliphatic carbocycles. The number of amides is 1. The molecule has 24 heavy (non-hydrogen) atoms. The molecule has 1 saturated carbocycles. The van der Waals surface area contributed by atoms with Gasteiger partial charge in [-0.2, -0.15) is 15.0 Å². The molecule has 0 spiro atoms. The molecule has 2 heterocycles. The third-order valence-corrected chi connectivity index (χ3v) is 4.50. The lowest BCUT2D eigenvalue weighted by Gasteiger charge is -2.27. The highest BCUT2D eigenvalue weighted by Gasteiger charge is 2.23. The summed E-state index contributed by atoms with van der Waals surface area (Å²) in [6.45, 7) is 3.24. The number of hydrogen-bond acceptors (Lipinski definition) is 7. The normalized spacial score (nSPS) is 18.7. The van der Waals surface area contributed by atoms with E-state index in [1.807, 2.05) is 19.0 Å². The van der Waals surface area contributed by atoms with Crippen LogP contribution in [0.4, 0.5) is 11.9 Å². The molecule has 0 radical (unpaired) electrons. The molecule has 1 N–H and O–H groups in total. The molecule has 1 aliphatic heterocycles. The fourth-order valence-electron chi connectivity index (χ4n) is 3.08. The highest BCUT2D eigenvalue weighted by molar-refractivity contribution is 5.78. The number of carbonyl (C=O) groups excluding carboxylic acids is 1. The van der Waals surface area contributed by atoms with Crippen LogP contribution < -0.4 is 15.1 Å². The van der Waals surface area contributed by atoms with Gasteiger partial charge in [0.25, 0.3) is 0 Å². The van der Waals surface area contributed by atoms with Crippen molar-refractivity contribution in [2.45, 2.75) is 32.2 Å². The molecular weight excluding hydrogens is 308 g/mol. The lowest BCUT2D eigenvalue weighted by atomic mass is 10.1. The van der Waals surface area contributed by atoms with Gasteiger partial charge in [-0.15, -0.1) is 0 Å². The van der Waals surface area contributed by atoms with Gasteiger partial charge >= 0.3 is 0 Å². The highest BCUT2D eigenvalue weighted by Crippen LogP contribution is 2.24. The van der Waals surface area contributed by atoms with E-state index in [2.05, 4.69) is 25.2 Å². The summed E-state index contributed by atoms with van der Waals surface area (Å²) >= 11 is 0. The van der Waals surface area contributed by atoms with Crippen molar-refractivity contribution >= 4 is 17.8 Å². The molecule has 1 saturated heterocycles. The molecule has 0 unspecified atom stereocenters. The highest BCUT2D eigenvalue weighted by atomic mass is 16.5. The lowest BCUT2D eigenvalue weighted by Crippen LogP contribution is -2.38. The van der Waals surface area contributed by atoms with Gasteiger partial charge in [0, 0.05) is 33.1 Å². The second kappa shape index (κ2) is 7.74. The Bertz CT molecular complexity index is 568. The number of carbonyl (C=O) groups is 1. The minimum atomic E-state index is 0.118. The van der Waals surface area contributed by atoms with Crippen LogP contribution in [-0.4, -0.2) is 61.3 Å². The summed E-state index contributed by atoms with van der Waals surface area (Å²) in [7, 11) is 3.80. The molecule has 0 aromatic carbocycles. The summed E-state index contributed by atoms with van der Waals surface area (Å²) in [6, 6.07) is 0. The fraction of sp³-hybridized carbons (Fsp3) is 0.750. The number of ether oxygens (including phenoxy) is 1. The summed E-state index contributed by atoms with van der Waals surface area (Å²) in [5, 5.41) is 2.98. The third-order valence-electron chi connectivity index (χ3n) is 4.50. The second-order valence-electron chi connectivity index (χ2n) is 6.54. The number of hydrogen-bond donors (Lipinski definition) is 1. The molecule has 1 aromatic heterocycles. The van der Waals surface area contributed by atoms with Gasteiger partial charge in [-0.3, -0.25) is 4.79 Å². The molecule has 8 heteroatoms. The SMILES string of the molecule is CN(C)c1nc(CNC(=O)C2CCCC2)nc(N2CCOCC2)n1. The van der Waals surface area contributed by atoms with Gasteiger partial charge < -0.3 is 19.9 Å². The van der Waals surface area contributed by atoms with Crippen molar-refractivity contribution in [2.24, 2.45) is 5.92 Å². The van der Waals surface area contributed by atoms with Crippen LogP contribution in [0, 0.1) is 5.92 Å². The number of morpholine rings is 1. The molecule has 2 fully saturated rings. The Balaban J connectivity index is 1.70. The molecule has 1 amide bonds. The Labute approximate surface area is 142 Å². The van der Waals surface area contributed by atoms with Gasteiger partial charge in [-0.25, -0.2) is 0 Å². The van der Waals surface area contributed by atoms with E-state index in [1.54, 1.807) is 0 Å². The van der Waals surface area contributed by atoms with Gasteiger partial charge in [0.15, 0.2) is 5.82 Å². The Morgan fingerprint density at radius 2 is 1.92 bits per heavy atom. The molecule has 1 aromatic rings. The first-order valence-corrected chi connectivity index (χ1v) is 8.66. The monoisotopic (exact) mass is 334 g/mol. The van der Waals surface area contributed by atoms with Gasteiger partial charge in [0.2, 0.25) is 17.8 Å². The maximum absolute atomic E-state index is 12.2. The van der Waals surface area contributed by atoms with E-state index in [-0.39, 0.29) is 11.8 Å². The number of rotatable bonds is 5. The summed E-state index contributed by atoms with van der Waals surface area (Å²) in [5.74, 6) is 2.13. The minimum absolute atomic E-state index is 0.118. The zero-order valence-electron chi connectivity index (χ0n) is 14.5. The first-order valence-electron chi connectivity index (χ1n) is 8.66. The average Bonchev–Trinajstić information content (AvgIpc) is 3.15. The largest absolute Gasteiger partial charge is 0.378 e. The Morgan fingerprint density at radius 1 is 1.21 bits per heavy atom. The zero-order valence-corrected chi connectivity index (χ0v) is 14.5. The van der Waals surface area contributed by atoms with Crippen molar-refractivity contribution in [1.82, 2.24) is 20.3 Å². The summed E-state index contributed by atoms with van der Waals surface area (Å²) in [5.41, 5.74) is 0. The van der Waals surface area contributed by atoms with Crippen LogP contribution in [-0.2, 0) is 16.1 Å². The molecule has 3 rings (SSSR count). The Kier molecular flexibility index (Phi) is 5.44. The maximum Gasteiger partial charge on any atom is 0.230 e. The van der Waals surface area contributed by atoms with Crippen LogP contribution in [0.3, 0.4) is 0 Å². The van der Waals surface area contributed by atoms with Crippen molar-refractivity contribution in [3.63, 3.8) is 0 Å². The smallest absolute Gasteiger partial charge is 0.230 e. The number of aromatic nitrogens is 3. The van der Waals surface area contributed by atoms with E-state index in [0.29, 0.717) is 37.5 Å².